The maximum Gasteiger partial charge on any atom is 0.408 e. The van der Waals surface area contributed by atoms with E-state index in [1.165, 1.54) is 52.0 Å². The number of phenolic OH excluding ortho intramolecular Hbond substituents is 2. The van der Waals surface area contributed by atoms with Crippen molar-refractivity contribution in [1.29, 1.82) is 0 Å². The van der Waals surface area contributed by atoms with Crippen molar-refractivity contribution in [3.8, 4) is 11.5 Å². The van der Waals surface area contributed by atoms with E-state index in [0.29, 0.717) is 22.3 Å². The highest BCUT2D eigenvalue weighted by atomic mass is 16.6. The van der Waals surface area contributed by atoms with Crippen LogP contribution in [-0.4, -0.2) is 115 Å². The number of alkyl carbamates (subject to hydrolysis) is 2. The SMILES string of the molecule is CC(C)C[C@H](NC(=O)OC(C)(C)C)C(=O)NC(C)(C)C(=O)N[C@@H](Cc1ccc(O)cc1)C(=O)NCc1cccc(CNC(=O)[C@H](Cc2ccc(O)cc2)NC(=O)C(C)(C)NC(=O)[C@H](CC(C)C)NC(=O)OC(C)(C)C)c1.O.O. The summed E-state index contributed by atoms with van der Waals surface area (Å²) < 4.78 is 10.7. The van der Waals surface area contributed by atoms with Crippen molar-refractivity contribution in [1.82, 2.24) is 42.5 Å². The van der Waals surface area contributed by atoms with Crippen molar-refractivity contribution in [2.75, 3.05) is 0 Å². The number of hydrogen-bond donors (Lipinski definition) is 10. The highest BCUT2D eigenvalue weighted by Gasteiger charge is 2.38. The molecule has 4 atom stereocenters. The van der Waals surface area contributed by atoms with Crippen molar-refractivity contribution in [2.24, 2.45) is 11.8 Å². The van der Waals surface area contributed by atoms with Crippen molar-refractivity contribution in [2.45, 2.75) is 182 Å². The van der Waals surface area contributed by atoms with Gasteiger partial charge in [0.25, 0.3) is 0 Å². The number of rotatable bonds is 24. The van der Waals surface area contributed by atoms with Gasteiger partial charge in [-0.05, 0) is 140 Å². The highest BCUT2D eigenvalue weighted by Crippen LogP contribution is 2.18. The largest absolute Gasteiger partial charge is 0.508 e. The summed E-state index contributed by atoms with van der Waals surface area (Å²) >= 11 is 0. The molecule has 3 rings (SSSR count). The fourth-order valence-corrected chi connectivity index (χ4v) is 7.51. The fourth-order valence-electron chi connectivity index (χ4n) is 7.51. The molecule has 0 aliphatic rings. The van der Waals surface area contributed by atoms with Crippen LogP contribution in [-0.2, 0) is 64.2 Å². The number of amides is 8. The molecule has 434 valence electrons. The molecule has 0 saturated heterocycles. The predicted octanol–water partition coefficient (Wildman–Crippen LogP) is 3.80. The first-order valence-electron chi connectivity index (χ1n) is 25.6. The highest BCUT2D eigenvalue weighted by molar-refractivity contribution is 5.97. The number of carbonyl (C=O) groups is 8. The second-order valence-corrected chi connectivity index (χ2v) is 22.9. The third-order valence-corrected chi connectivity index (χ3v) is 11.4. The maximum atomic E-state index is 14.0. The number of aromatic hydroxyl groups is 2. The molecule has 3 aromatic carbocycles. The van der Waals surface area contributed by atoms with Gasteiger partial charge < -0.3 is 73.2 Å². The van der Waals surface area contributed by atoms with Crippen LogP contribution >= 0.6 is 0 Å². The molecule has 0 aliphatic heterocycles. The second-order valence-electron chi connectivity index (χ2n) is 22.9. The summed E-state index contributed by atoms with van der Waals surface area (Å²) in [5.74, 6) is -3.75. The number of phenols is 2. The van der Waals surface area contributed by atoms with Gasteiger partial charge in [-0.15, -0.1) is 0 Å². The minimum absolute atomic E-state index is 0. The minimum atomic E-state index is -1.56. The molecule has 0 aromatic heterocycles. The van der Waals surface area contributed by atoms with Crippen molar-refractivity contribution in [3.05, 3.63) is 95.1 Å². The molecule has 78 heavy (non-hydrogen) atoms. The van der Waals surface area contributed by atoms with E-state index in [1.54, 1.807) is 90.1 Å². The number of carbonyl (C=O) groups excluding carboxylic acids is 8. The van der Waals surface area contributed by atoms with Crippen LogP contribution in [0.2, 0.25) is 0 Å². The van der Waals surface area contributed by atoms with E-state index in [0.717, 1.165) is 0 Å². The molecule has 0 unspecified atom stereocenters. The first-order chi connectivity index (χ1) is 35.1. The van der Waals surface area contributed by atoms with E-state index in [-0.39, 0.29) is 73.1 Å². The Kier molecular flexibility index (Phi) is 26.3. The zero-order valence-electron chi connectivity index (χ0n) is 47.6. The summed E-state index contributed by atoms with van der Waals surface area (Å²) in [6.07, 6.45) is -1.05. The van der Waals surface area contributed by atoms with Gasteiger partial charge in [0.15, 0.2) is 0 Å². The van der Waals surface area contributed by atoms with Gasteiger partial charge in [-0.1, -0.05) is 76.2 Å². The topological polar surface area (TPSA) is 355 Å². The van der Waals surface area contributed by atoms with Gasteiger partial charge in [-0.25, -0.2) is 9.59 Å². The smallest absolute Gasteiger partial charge is 0.408 e. The quantitative estimate of drug-likeness (QED) is 0.0613. The van der Waals surface area contributed by atoms with Gasteiger partial charge in [-0.2, -0.15) is 0 Å². The molecule has 0 bridgehead atoms. The molecular weight excluding hydrogens is 1010 g/mol. The van der Waals surface area contributed by atoms with Crippen LogP contribution in [0, 0.1) is 11.8 Å². The van der Waals surface area contributed by atoms with Gasteiger partial charge in [0.2, 0.25) is 35.4 Å². The van der Waals surface area contributed by atoms with Crippen molar-refractivity contribution < 1.29 is 69.0 Å². The zero-order valence-corrected chi connectivity index (χ0v) is 47.6. The first-order valence-corrected chi connectivity index (χ1v) is 25.6. The second kappa shape index (κ2) is 29.9. The van der Waals surface area contributed by atoms with Crippen LogP contribution in [0.3, 0.4) is 0 Å². The van der Waals surface area contributed by atoms with Gasteiger partial charge in [0, 0.05) is 25.9 Å². The van der Waals surface area contributed by atoms with Crippen LogP contribution in [0.15, 0.2) is 72.8 Å². The molecule has 0 saturated carbocycles. The van der Waals surface area contributed by atoms with Crippen molar-refractivity contribution in [3.63, 3.8) is 0 Å². The van der Waals surface area contributed by atoms with Gasteiger partial charge >= 0.3 is 12.2 Å². The first kappa shape index (κ1) is 68.6. The van der Waals surface area contributed by atoms with Crippen molar-refractivity contribution >= 4 is 47.6 Å². The maximum absolute atomic E-state index is 14.0. The Morgan fingerprint density at radius 2 is 0.769 bits per heavy atom. The normalized spacial score (nSPS) is 13.1. The van der Waals surface area contributed by atoms with Gasteiger partial charge in [0.05, 0.1) is 0 Å². The van der Waals surface area contributed by atoms with Crippen LogP contribution in [0.25, 0.3) is 0 Å². The van der Waals surface area contributed by atoms with Crippen LogP contribution < -0.4 is 42.5 Å². The van der Waals surface area contributed by atoms with Crippen LogP contribution in [0.4, 0.5) is 9.59 Å². The number of ether oxygens (including phenoxy) is 2. The van der Waals surface area contributed by atoms with Crippen LogP contribution in [0.1, 0.15) is 132 Å². The summed E-state index contributed by atoms with van der Waals surface area (Å²) in [6.45, 7) is 23.6. The Labute approximate surface area is 458 Å². The molecule has 3 aromatic rings. The molecule has 22 heteroatoms. The van der Waals surface area contributed by atoms with E-state index in [9.17, 15) is 48.6 Å². The summed E-state index contributed by atoms with van der Waals surface area (Å²) in [7, 11) is 0. The van der Waals surface area contributed by atoms with Gasteiger partial charge in [0.1, 0.15) is 57.9 Å². The Morgan fingerprint density at radius 3 is 1.06 bits per heavy atom. The summed E-state index contributed by atoms with van der Waals surface area (Å²) in [5.41, 5.74) is -2.24. The minimum Gasteiger partial charge on any atom is -0.508 e. The third-order valence-electron chi connectivity index (χ3n) is 11.4. The Balaban J connectivity index is 0.0000152. The van der Waals surface area contributed by atoms with E-state index in [4.69, 9.17) is 9.47 Å². The molecule has 0 fully saturated rings. The third kappa shape index (κ3) is 24.7. The van der Waals surface area contributed by atoms with Gasteiger partial charge in [-0.3, -0.25) is 28.8 Å². The summed E-state index contributed by atoms with van der Waals surface area (Å²) in [4.78, 5) is 108. The van der Waals surface area contributed by atoms with E-state index in [2.05, 4.69) is 42.5 Å². The molecule has 14 N–H and O–H groups in total. The molecule has 0 heterocycles. The average molecular weight is 1100 g/mol. The molecule has 8 amide bonds. The van der Waals surface area contributed by atoms with E-state index < -0.39 is 94.1 Å². The summed E-state index contributed by atoms with van der Waals surface area (Å²) in [6, 6.07) is 14.9. The molecule has 0 spiro atoms. The van der Waals surface area contributed by atoms with E-state index in [1.807, 2.05) is 27.7 Å². The summed E-state index contributed by atoms with van der Waals surface area (Å²) in [5, 5.41) is 41.8. The fraction of sp³-hybridized carbons (Fsp3) is 0.536. The van der Waals surface area contributed by atoms with E-state index >= 15 is 0 Å². The Bertz CT molecular complexity index is 2320. The van der Waals surface area contributed by atoms with Crippen LogP contribution in [0.5, 0.6) is 11.5 Å². The predicted molar refractivity (Wildman–Crippen MR) is 295 cm³/mol. The number of benzene rings is 3. The number of nitrogens with one attached hydrogen (secondary N) is 8. The number of hydrogen-bond acceptors (Lipinski definition) is 12. The Hall–Kier alpha value is -7.46. The standard InChI is InChI=1S/C56H82N8O12.2H2O/c1-33(2)26-41(61-51(73)75-53(5,6)7)47(69)63-55(11,12)49(71)59-43(29-35-18-22-39(65)23-19-35)45(67)57-31-37-16-15-17-38(28-37)32-58-46(68)44(30-36-20-24-40(66)25-21-36)60-50(72)56(13,14)64-48(70)42(27-34(3)4)62-52(74)76-54(8,9)10;;/h15-25,28,33-34,41-44,65-66H,26-27,29-32H2,1-14H3,(H,57,67)(H,58,68)(H,59,71)(H,60,72)(H,61,73)(H,62,74)(H,63,69)(H,64,70);2*1H2/t41-,42-,43-,44-;;/m0../s1. The lowest BCUT2D eigenvalue weighted by atomic mass is 9.98. The monoisotopic (exact) mass is 1090 g/mol. The lowest BCUT2D eigenvalue weighted by Crippen LogP contribution is -2.62. The molecule has 0 aliphatic carbocycles. The molecule has 0 radical (unpaired) electrons. The lowest BCUT2D eigenvalue weighted by molar-refractivity contribution is -0.135. The lowest BCUT2D eigenvalue weighted by Gasteiger charge is -2.31. The zero-order chi connectivity index (χ0) is 57.3. The Morgan fingerprint density at radius 1 is 0.449 bits per heavy atom. The molecule has 22 nitrogen and oxygen atoms in total. The average Bonchev–Trinajstić information content (AvgIpc) is 3.28. The molecular formula is C56H86N8O14.